The average Bonchev–Trinajstić information content (AvgIpc) is 3.09. The molecular formula is C13H21N3O. The highest BCUT2D eigenvalue weighted by molar-refractivity contribution is 5.09. The summed E-state index contributed by atoms with van der Waals surface area (Å²) in [5, 5.41) is 3.28. The fourth-order valence-electron chi connectivity index (χ4n) is 2.83. The molecule has 1 aliphatic heterocycles. The predicted octanol–water partition coefficient (Wildman–Crippen LogP) is 1.91. The Hall–Kier alpha value is -0.870. The van der Waals surface area contributed by atoms with Crippen molar-refractivity contribution in [2.45, 2.75) is 37.8 Å². The Labute approximate surface area is 102 Å². The second kappa shape index (κ2) is 4.78. The van der Waals surface area contributed by atoms with Gasteiger partial charge < -0.3 is 14.6 Å². The third-order valence-corrected chi connectivity index (χ3v) is 3.84. The zero-order valence-electron chi connectivity index (χ0n) is 10.4. The molecule has 0 radical (unpaired) electrons. The molecule has 2 atom stereocenters. The van der Waals surface area contributed by atoms with Crippen molar-refractivity contribution in [3.05, 3.63) is 18.2 Å². The molecule has 0 bridgehead atoms. The van der Waals surface area contributed by atoms with E-state index in [1.165, 1.54) is 31.4 Å². The van der Waals surface area contributed by atoms with Crippen LogP contribution in [0.1, 0.15) is 43.5 Å². The first-order valence-corrected chi connectivity index (χ1v) is 6.68. The number of imidazole rings is 1. The minimum atomic E-state index is 0.235. The lowest BCUT2D eigenvalue weighted by molar-refractivity contribution is -0.0317. The molecule has 4 heteroatoms. The fourth-order valence-corrected chi connectivity index (χ4v) is 2.83. The minimum absolute atomic E-state index is 0.235. The lowest BCUT2D eigenvalue weighted by Gasteiger charge is -2.32. The molecule has 2 heterocycles. The molecule has 94 valence electrons. The summed E-state index contributed by atoms with van der Waals surface area (Å²) in [6.07, 6.45) is 9.24. The van der Waals surface area contributed by atoms with Crippen molar-refractivity contribution >= 4 is 0 Å². The molecule has 0 amide bonds. The molecule has 2 fully saturated rings. The highest BCUT2D eigenvalue weighted by Gasteiger charge is 2.33. The molecule has 1 aromatic heterocycles. The van der Waals surface area contributed by atoms with Crippen molar-refractivity contribution < 1.29 is 4.74 Å². The number of hydrogen-bond donors (Lipinski definition) is 1. The Bertz CT molecular complexity index is 370. The average molecular weight is 235 g/mol. The third kappa shape index (κ3) is 2.24. The van der Waals surface area contributed by atoms with Gasteiger partial charge in [0.25, 0.3) is 0 Å². The first-order valence-electron chi connectivity index (χ1n) is 6.68. The quantitative estimate of drug-likeness (QED) is 0.866. The second-order valence-corrected chi connectivity index (χ2v) is 5.21. The molecule has 1 saturated heterocycles. The van der Waals surface area contributed by atoms with E-state index < -0.39 is 0 Å². The van der Waals surface area contributed by atoms with Gasteiger partial charge in [-0.3, -0.25) is 0 Å². The molecular weight excluding hydrogens is 214 g/mol. The van der Waals surface area contributed by atoms with Crippen LogP contribution in [-0.2, 0) is 4.74 Å². The van der Waals surface area contributed by atoms with E-state index in [0.717, 1.165) is 13.2 Å². The summed E-state index contributed by atoms with van der Waals surface area (Å²) in [6, 6.07) is 0.688. The molecule has 1 saturated carbocycles. The summed E-state index contributed by atoms with van der Waals surface area (Å²) < 4.78 is 8.34. The van der Waals surface area contributed by atoms with E-state index in [0.29, 0.717) is 12.0 Å². The largest absolute Gasteiger partial charge is 0.372 e. The van der Waals surface area contributed by atoms with E-state index in [1.54, 1.807) is 0 Å². The van der Waals surface area contributed by atoms with Gasteiger partial charge in [-0.1, -0.05) is 0 Å². The van der Waals surface area contributed by atoms with Crippen LogP contribution < -0.4 is 5.32 Å². The highest BCUT2D eigenvalue weighted by Crippen LogP contribution is 2.40. The van der Waals surface area contributed by atoms with Crippen LogP contribution in [0.25, 0.3) is 0 Å². The van der Waals surface area contributed by atoms with E-state index in [-0.39, 0.29) is 6.10 Å². The Balaban J connectivity index is 1.81. The molecule has 1 N–H and O–H groups in total. The Morgan fingerprint density at radius 3 is 3.12 bits per heavy atom. The number of nitrogens with zero attached hydrogens (tertiary/aromatic N) is 2. The van der Waals surface area contributed by atoms with Crippen molar-refractivity contribution in [2.75, 3.05) is 20.2 Å². The summed E-state index contributed by atoms with van der Waals surface area (Å²) in [5.41, 5.74) is 1.28. The van der Waals surface area contributed by atoms with Crippen LogP contribution >= 0.6 is 0 Å². The van der Waals surface area contributed by atoms with Crippen LogP contribution in [0.5, 0.6) is 0 Å². The summed E-state index contributed by atoms with van der Waals surface area (Å²) in [7, 11) is 2.02. The topological polar surface area (TPSA) is 39.1 Å². The maximum Gasteiger partial charge on any atom is 0.103 e. The molecule has 17 heavy (non-hydrogen) atoms. The summed E-state index contributed by atoms with van der Waals surface area (Å²) in [4.78, 5) is 4.32. The van der Waals surface area contributed by atoms with Gasteiger partial charge in [0, 0.05) is 25.1 Å². The van der Waals surface area contributed by atoms with Gasteiger partial charge >= 0.3 is 0 Å². The zero-order chi connectivity index (χ0) is 11.7. The van der Waals surface area contributed by atoms with Crippen LogP contribution in [0.4, 0.5) is 0 Å². The Morgan fingerprint density at radius 2 is 2.35 bits per heavy atom. The van der Waals surface area contributed by atoms with E-state index in [2.05, 4.69) is 14.9 Å². The SMILES string of the molecule is CNCC1CCCOC1c1cncn1C1CC1. The molecule has 3 rings (SSSR count). The Kier molecular flexibility index (Phi) is 3.16. The number of rotatable bonds is 4. The normalized spacial score (nSPS) is 29.5. The van der Waals surface area contributed by atoms with Gasteiger partial charge in [0.15, 0.2) is 0 Å². The Morgan fingerprint density at radius 1 is 1.47 bits per heavy atom. The fraction of sp³-hybridized carbons (Fsp3) is 0.769. The lowest BCUT2D eigenvalue weighted by atomic mass is 9.92. The summed E-state index contributed by atoms with van der Waals surface area (Å²) in [5.74, 6) is 0.586. The molecule has 1 aromatic rings. The van der Waals surface area contributed by atoms with Gasteiger partial charge in [-0.05, 0) is 32.7 Å². The monoisotopic (exact) mass is 235 g/mol. The van der Waals surface area contributed by atoms with Crippen LogP contribution in [0, 0.1) is 5.92 Å². The number of nitrogens with one attached hydrogen (secondary N) is 1. The van der Waals surface area contributed by atoms with Gasteiger partial charge in [-0.2, -0.15) is 0 Å². The van der Waals surface area contributed by atoms with E-state index in [9.17, 15) is 0 Å². The van der Waals surface area contributed by atoms with Gasteiger partial charge in [0.05, 0.1) is 18.2 Å². The minimum Gasteiger partial charge on any atom is -0.372 e. The second-order valence-electron chi connectivity index (χ2n) is 5.21. The van der Waals surface area contributed by atoms with Gasteiger partial charge in [-0.25, -0.2) is 4.98 Å². The van der Waals surface area contributed by atoms with Crippen molar-refractivity contribution in [3.63, 3.8) is 0 Å². The van der Waals surface area contributed by atoms with Crippen molar-refractivity contribution in [1.29, 1.82) is 0 Å². The maximum absolute atomic E-state index is 6.01. The molecule has 1 aliphatic carbocycles. The zero-order valence-corrected chi connectivity index (χ0v) is 10.4. The first-order chi connectivity index (χ1) is 8.40. The highest BCUT2D eigenvalue weighted by atomic mass is 16.5. The van der Waals surface area contributed by atoms with Crippen LogP contribution in [-0.4, -0.2) is 29.8 Å². The maximum atomic E-state index is 6.01. The lowest BCUT2D eigenvalue weighted by Crippen LogP contribution is -2.31. The summed E-state index contributed by atoms with van der Waals surface area (Å²) in [6.45, 7) is 1.92. The standard InChI is InChI=1S/C13H21N3O/c1-14-7-10-3-2-6-17-13(10)12-8-15-9-16(12)11-4-5-11/h8-11,13-14H,2-7H2,1H3. The van der Waals surface area contributed by atoms with Crippen LogP contribution in [0.2, 0.25) is 0 Å². The van der Waals surface area contributed by atoms with Gasteiger partial charge in [-0.15, -0.1) is 0 Å². The first kappa shape index (κ1) is 11.2. The molecule has 0 aromatic carbocycles. The van der Waals surface area contributed by atoms with Crippen LogP contribution in [0.3, 0.4) is 0 Å². The van der Waals surface area contributed by atoms with E-state index in [1.807, 2.05) is 19.6 Å². The van der Waals surface area contributed by atoms with Gasteiger partial charge in [0.2, 0.25) is 0 Å². The number of ether oxygens (including phenoxy) is 1. The molecule has 2 unspecified atom stereocenters. The number of aromatic nitrogens is 2. The molecule has 4 nitrogen and oxygen atoms in total. The number of hydrogen-bond acceptors (Lipinski definition) is 3. The molecule has 2 aliphatic rings. The van der Waals surface area contributed by atoms with Gasteiger partial charge in [0.1, 0.15) is 6.10 Å². The van der Waals surface area contributed by atoms with Crippen LogP contribution in [0.15, 0.2) is 12.5 Å². The van der Waals surface area contributed by atoms with E-state index >= 15 is 0 Å². The predicted molar refractivity (Wildman–Crippen MR) is 65.8 cm³/mol. The van der Waals surface area contributed by atoms with Crippen molar-refractivity contribution in [2.24, 2.45) is 5.92 Å². The van der Waals surface area contributed by atoms with Crippen molar-refractivity contribution in [3.8, 4) is 0 Å². The van der Waals surface area contributed by atoms with E-state index in [4.69, 9.17) is 4.74 Å². The third-order valence-electron chi connectivity index (χ3n) is 3.84. The molecule has 0 spiro atoms. The summed E-state index contributed by atoms with van der Waals surface area (Å²) >= 11 is 0. The smallest absolute Gasteiger partial charge is 0.103 e. The van der Waals surface area contributed by atoms with Crippen molar-refractivity contribution in [1.82, 2.24) is 14.9 Å².